The fourth-order valence-electron chi connectivity index (χ4n) is 1.24. The van der Waals surface area contributed by atoms with Crippen molar-refractivity contribution in [2.75, 3.05) is 5.73 Å². The minimum atomic E-state index is -0.789. The molecule has 2 aromatic heterocycles. The van der Waals surface area contributed by atoms with Crippen LogP contribution < -0.4 is 5.73 Å². The number of aromatic nitrogens is 2. The first-order valence-electron chi connectivity index (χ1n) is 4.31. The number of hydrogen-bond acceptors (Lipinski definition) is 3. The first-order chi connectivity index (χ1) is 7.58. The van der Waals surface area contributed by atoms with Crippen molar-refractivity contribution in [2.45, 2.75) is 0 Å². The molecule has 2 aromatic rings. The highest BCUT2D eigenvalue weighted by atomic mass is 35.5. The smallest absolute Gasteiger partial charge is 0.213 e. The summed E-state index contributed by atoms with van der Waals surface area (Å²) in [5.41, 5.74) is 5.47. The second-order valence-electron chi connectivity index (χ2n) is 3.05. The third-order valence-corrected chi connectivity index (χ3v) is 2.24. The summed E-state index contributed by atoms with van der Waals surface area (Å²) in [6, 6.07) is 3.25. The van der Waals surface area contributed by atoms with E-state index in [-0.39, 0.29) is 22.1 Å². The van der Waals surface area contributed by atoms with Crippen molar-refractivity contribution >= 4 is 17.4 Å². The van der Waals surface area contributed by atoms with Crippen molar-refractivity contribution in [3.63, 3.8) is 0 Å². The molecule has 2 heterocycles. The molecule has 82 valence electrons. The molecule has 0 saturated heterocycles. The number of nitrogens with zero attached hydrogens (tertiary/aromatic N) is 2. The summed E-state index contributed by atoms with van der Waals surface area (Å²) in [5, 5.41) is 0.159. The van der Waals surface area contributed by atoms with Crippen LogP contribution in [0.5, 0.6) is 0 Å². The number of rotatable bonds is 1. The van der Waals surface area contributed by atoms with Crippen LogP contribution in [0, 0.1) is 11.8 Å². The zero-order chi connectivity index (χ0) is 11.7. The molecule has 0 bridgehead atoms. The zero-order valence-electron chi connectivity index (χ0n) is 7.92. The number of anilines is 1. The van der Waals surface area contributed by atoms with Gasteiger partial charge in [-0.15, -0.1) is 0 Å². The minimum Gasteiger partial charge on any atom is -0.384 e. The topological polar surface area (TPSA) is 51.8 Å². The van der Waals surface area contributed by atoms with Crippen molar-refractivity contribution in [1.29, 1.82) is 0 Å². The molecule has 2 rings (SSSR count). The molecule has 2 N–H and O–H groups in total. The second kappa shape index (κ2) is 4.02. The monoisotopic (exact) mass is 241 g/mol. The van der Waals surface area contributed by atoms with E-state index in [4.69, 9.17) is 17.3 Å². The summed E-state index contributed by atoms with van der Waals surface area (Å²) in [6.07, 6.45) is 1.26. The fourth-order valence-corrected chi connectivity index (χ4v) is 1.44. The molecule has 0 saturated carbocycles. The lowest BCUT2D eigenvalue weighted by molar-refractivity contribution is 0.564. The van der Waals surface area contributed by atoms with Crippen LogP contribution in [-0.2, 0) is 0 Å². The van der Waals surface area contributed by atoms with Gasteiger partial charge in [0.1, 0.15) is 17.3 Å². The highest BCUT2D eigenvalue weighted by molar-refractivity contribution is 6.33. The minimum absolute atomic E-state index is 0.157. The zero-order valence-corrected chi connectivity index (χ0v) is 8.67. The van der Waals surface area contributed by atoms with Crippen LogP contribution in [-0.4, -0.2) is 9.97 Å². The van der Waals surface area contributed by atoms with E-state index in [0.29, 0.717) is 0 Å². The van der Waals surface area contributed by atoms with Crippen molar-refractivity contribution in [1.82, 2.24) is 9.97 Å². The third kappa shape index (κ3) is 1.94. The van der Waals surface area contributed by atoms with Gasteiger partial charge in [-0.1, -0.05) is 11.6 Å². The molecular formula is C10H6ClF2N3. The maximum Gasteiger partial charge on any atom is 0.213 e. The van der Waals surface area contributed by atoms with Gasteiger partial charge in [0.15, 0.2) is 0 Å². The number of halogens is 3. The molecule has 6 heteroatoms. The van der Waals surface area contributed by atoms with E-state index in [2.05, 4.69) is 9.97 Å². The Kier molecular flexibility index (Phi) is 2.70. The average Bonchev–Trinajstić information content (AvgIpc) is 2.25. The van der Waals surface area contributed by atoms with Gasteiger partial charge in [0.25, 0.3) is 0 Å². The largest absolute Gasteiger partial charge is 0.384 e. The van der Waals surface area contributed by atoms with Gasteiger partial charge in [0.05, 0.1) is 5.02 Å². The maximum absolute atomic E-state index is 13.4. The SMILES string of the molecule is Nc1cc(-c2nc(F)ccc2F)c(Cl)cn1. The summed E-state index contributed by atoms with van der Waals surface area (Å²) in [6.45, 7) is 0. The van der Waals surface area contributed by atoms with E-state index in [1.807, 2.05) is 0 Å². The van der Waals surface area contributed by atoms with Gasteiger partial charge in [0.2, 0.25) is 5.95 Å². The molecule has 0 atom stereocenters. The lowest BCUT2D eigenvalue weighted by Crippen LogP contribution is -1.96. The molecule has 0 aliphatic rings. The van der Waals surface area contributed by atoms with E-state index in [1.165, 1.54) is 12.3 Å². The van der Waals surface area contributed by atoms with E-state index in [0.717, 1.165) is 12.1 Å². The van der Waals surface area contributed by atoms with E-state index >= 15 is 0 Å². The highest BCUT2D eigenvalue weighted by Crippen LogP contribution is 2.28. The van der Waals surface area contributed by atoms with E-state index in [9.17, 15) is 8.78 Å². The molecule has 0 spiro atoms. The van der Waals surface area contributed by atoms with Crippen LogP contribution in [0.2, 0.25) is 5.02 Å². The van der Waals surface area contributed by atoms with Crippen LogP contribution in [0.1, 0.15) is 0 Å². The van der Waals surface area contributed by atoms with Crippen LogP contribution >= 0.6 is 11.6 Å². The summed E-state index contributed by atoms with van der Waals surface area (Å²) in [4.78, 5) is 7.15. The number of hydrogen-bond donors (Lipinski definition) is 1. The van der Waals surface area contributed by atoms with E-state index < -0.39 is 11.8 Å². The standard InChI is InChI=1S/C10H6ClF2N3/c11-6-4-15-9(14)3-5(6)10-7(12)1-2-8(13)16-10/h1-4H,(H2,14,15). The van der Waals surface area contributed by atoms with Crippen molar-refractivity contribution in [3.05, 3.63) is 41.2 Å². The normalized spacial score (nSPS) is 10.4. The number of pyridine rings is 2. The van der Waals surface area contributed by atoms with Gasteiger partial charge in [-0.25, -0.2) is 14.4 Å². The van der Waals surface area contributed by atoms with Gasteiger partial charge < -0.3 is 5.73 Å². The van der Waals surface area contributed by atoms with Gasteiger partial charge in [-0.3, -0.25) is 0 Å². The van der Waals surface area contributed by atoms with Crippen LogP contribution in [0.4, 0.5) is 14.6 Å². The maximum atomic E-state index is 13.4. The van der Waals surface area contributed by atoms with Gasteiger partial charge in [0, 0.05) is 11.8 Å². The molecule has 3 nitrogen and oxygen atoms in total. The second-order valence-corrected chi connectivity index (χ2v) is 3.46. The Labute approximate surface area is 94.9 Å². The average molecular weight is 242 g/mol. The molecule has 16 heavy (non-hydrogen) atoms. The fraction of sp³-hybridized carbons (Fsp3) is 0. The summed E-state index contributed by atoms with van der Waals surface area (Å²) < 4.78 is 26.3. The van der Waals surface area contributed by atoms with E-state index in [1.54, 1.807) is 0 Å². The van der Waals surface area contributed by atoms with Crippen LogP contribution in [0.15, 0.2) is 24.4 Å². The predicted molar refractivity (Wildman–Crippen MR) is 56.8 cm³/mol. The van der Waals surface area contributed by atoms with Crippen LogP contribution in [0.3, 0.4) is 0 Å². The summed E-state index contributed by atoms with van der Waals surface area (Å²) >= 11 is 5.81. The molecule has 0 aromatic carbocycles. The first-order valence-corrected chi connectivity index (χ1v) is 4.69. The number of nitrogens with two attached hydrogens (primary N) is 1. The third-order valence-electron chi connectivity index (χ3n) is 1.94. The molecule has 0 amide bonds. The Morgan fingerprint density at radius 1 is 1.25 bits per heavy atom. The Balaban J connectivity index is 2.66. The molecule has 0 radical (unpaired) electrons. The molecule has 0 fully saturated rings. The summed E-state index contributed by atoms with van der Waals surface area (Å²) in [7, 11) is 0. The predicted octanol–water partition coefficient (Wildman–Crippen LogP) is 2.66. The lowest BCUT2D eigenvalue weighted by Gasteiger charge is -2.05. The van der Waals surface area contributed by atoms with Gasteiger partial charge in [-0.2, -0.15) is 4.39 Å². The molecule has 0 aliphatic heterocycles. The number of nitrogen functional groups attached to an aromatic ring is 1. The quantitative estimate of drug-likeness (QED) is 0.781. The summed E-state index contributed by atoms with van der Waals surface area (Å²) in [5.74, 6) is -1.30. The van der Waals surface area contributed by atoms with Gasteiger partial charge in [-0.05, 0) is 18.2 Å². The molecule has 0 unspecified atom stereocenters. The van der Waals surface area contributed by atoms with Crippen LogP contribution in [0.25, 0.3) is 11.3 Å². The van der Waals surface area contributed by atoms with Crippen molar-refractivity contribution < 1.29 is 8.78 Å². The van der Waals surface area contributed by atoms with Crippen molar-refractivity contribution in [3.8, 4) is 11.3 Å². The Morgan fingerprint density at radius 3 is 2.75 bits per heavy atom. The lowest BCUT2D eigenvalue weighted by atomic mass is 10.1. The Hall–Kier alpha value is -1.75. The van der Waals surface area contributed by atoms with Gasteiger partial charge >= 0.3 is 0 Å². The Morgan fingerprint density at radius 2 is 2.00 bits per heavy atom. The highest BCUT2D eigenvalue weighted by Gasteiger charge is 2.12. The molecular weight excluding hydrogens is 236 g/mol. The van der Waals surface area contributed by atoms with Crippen molar-refractivity contribution in [2.24, 2.45) is 0 Å². The Bertz CT molecular complexity index is 496. The first kappa shape index (κ1) is 10.8. The molecule has 0 aliphatic carbocycles.